The molecule has 0 atom stereocenters. The summed E-state index contributed by atoms with van der Waals surface area (Å²) in [5.74, 6) is -3.46. The van der Waals surface area contributed by atoms with Gasteiger partial charge in [0.15, 0.2) is 0 Å². The number of nitrogens with one attached hydrogen (secondary N) is 1. The van der Waals surface area contributed by atoms with E-state index in [2.05, 4.69) is 5.32 Å². The fourth-order valence-electron chi connectivity index (χ4n) is 4.14. The molecule has 0 aromatic heterocycles. The van der Waals surface area contributed by atoms with Crippen molar-refractivity contribution >= 4 is 17.8 Å². The van der Waals surface area contributed by atoms with Crippen molar-refractivity contribution in [3.63, 3.8) is 0 Å². The Labute approximate surface area is 170 Å². The number of carbonyl (C=O) groups is 3. The van der Waals surface area contributed by atoms with Crippen molar-refractivity contribution in [2.24, 2.45) is 0 Å². The Morgan fingerprint density at radius 2 is 1.73 bits per heavy atom. The number of amides is 2. The van der Waals surface area contributed by atoms with Gasteiger partial charge in [-0.05, 0) is 30.5 Å². The van der Waals surface area contributed by atoms with E-state index < -0.39 is 52.9 Å². The second-order valence-electron chi connectivity index (χ2n) is 7.59. The molecule has 3 rings (SSSR count). The third-order valence-corrected chi connectivity index (χ3v) is 5.60. The summed E-state index contributed by atoms with van der Waals surface area (Å²) in [6.45, 7) is -0.743. The Morgan fingerprint density at radius 3 is 2.27 bits per heavy atom. The molecule has 3 N–H and O–H groups in total. The lowest BCUT2D eigenvalue weighted by atomic mass is 9.83. The molecule has 1 fully saturated rings. The first kappa shape index (κ1) is 21.7. The van der Waals surface area contributed by atoms with Crippen molar-refractivity contribution in [2.75, 3.05) is 6.54 Å². The molecule has 1 aliphatic heterocycles. The molecule has 1 aromatic carbocycles. The third-order valence-electron chi connectivity index (χ3n) is 5.60. The van der Waals surface area contributed by atoms with E-state index in [4.69, 9.17) is 5.11 Å². The fourth-order valence-corrected chi connectivity index (χ4v) is 4.14. The van der Waals surface area contributed by atoms with Gasteiger partial charge in [-0.3, -0.25) is 14.4 Å². The number of carboxylic acid groups (broad SMARTS) is 1. The standard InChI is InChI=1S/C20H21F3N2O5/c21-20(22,23)13-5-3-12(4-6-13)11-25-18(30)16(17(29)24-10-15(27)28)14(26)9-19(25)7-1-2-8-19/h3-6,26H,1-2,7-11H2,(H,24,29)(H,27,28). The Bertz CT molecular complexity index is 887. The third kappa shape index (κ3) is 4.27. The minimum atomic E-state index is -4.48. The Kier molecular flexibility index (Phi) is 5.78. The minimum Gasteiger partial charge on any atom is -0.511 e. The monoisotopic (exact) mass is 426 g/mol. The Hall–Kier alpha value is -3.04. The molecule has 0 saturated heterocycles. The number of halogens is 3. The second-order valence-corrected chi connectivity index (χ2v) is 7.59. The number of hydrogen-bond acceptors (Lipinski definition) is 4. The largest absolute Gasteiger partial charge is 0.511 e. The van der Waals surface area contributed by atoms with Crippen molar-refractivity contribution < 1.29 is 37.8 Å². The molecule has 0 unspecified atom stereocenters. The molecule has 2 aliphatic rings. The quantitative estimate of drug-likeness (QED) is 0.628. The van der Waals surface area contributed by atoms with Gasteiger partial charge in [-0.2, -0.15) is 13.2 Å². The van der Waals surface area contributed by atoms with Gasteiger partial charge in [-0.1, -0.05) is 25.0 Å². The van der Waals surface area contributed by atoms with E-state index in [1.807, 2.05) is 0 Å². The first-order valence-corrected chi connectivity index (χ1v) is 9.44. The predicted octanol–water partition coefficient (Wildman–Crippen LogP) is 2.76. The molecular weight excluding hydrogens is 405 g/mol. The van der Waals surface area contributed by atoms with Gasteiger partial charge < -0.3 is 20.4 Å². The minimum absolute atomic E-state index is 0.0278. The maximum atomic E-state index is 13.1. The molecule has 0 bridgehead atoms. The van der Waals surface area contributed by atoms with Gasteiger partial charge in [-0.25, -0.2) is 0 Å². The highest BCUT2D eigenvalue weighted by Crippen LogP contribution is 2.44. The number of aliphatic hydroxyl groups excluding tert-OH is 1. The van der Waals surface area contributed by atoms with Gasteiger partial charge in [0.1, 0.15) is 17.9 Å². The number of nitrogens with zero attached hydrogens (tertiary/aromatic N) is 1. The summed E-state index contributed by atoms with van der Waals surface area (Å²) in [7, 11) is 0. The topological polar surface area (TPSA) is 107 Å². The van der Waals surface area contributed by atoms with Crippen LogP contribution in [-0.2, 0) is 27.1 Å². The second kappa shape index (κ2) is 8.00. The number of benzene rings is 1. The first-order valence-electron chi connectivity index (χ1n) is 9.44. The van der Waals surface area contributed by atoms with Gasteiger partial charge in [0, 0.05) is 13.0 Å². The van der Waals surface area contributed by atoms with Crippen LogP contribution < -0.4 is 5.32 Å². The van der Waals surface area contributed by atoms with Gasteiger partial charge >= 0.3 is 12.1 Å². The van der Waals surface area contributed by atoms with Crippen LogP contribution in [0.25, 0.3) is 0 Å². The summed E-state index contributed by atoms with van der Waals surface area (Å²) in [5, 5.41) is 21.2. The molecule has 0 radical (unpaired) electrons. The van der Waals surface area contributed by atoms with Gasteiger partial charge in [0.2, 0.25) is 0 Å². The number of aliphatic hydroxyl groups is 1. The van der Waals surface area contributed by atoms with Crippen LogP contribution in [0.5, 0.6) is 0 Å². The lowest BCUT2D eigenvalue weighted by Gasteiger charge is -2.45. The summed E-state index contributed by atoms with van der Waals surface area (Å²) in [6.07, 6.45) is -1.64. The summed E-state index contributed by atoms with van der Waals surface area (Å²) >= 11 is 0. The first-order chi connectivity index (χ1) is 14.0. The van der Waals surface area contributed by atoms with Crippen LogP contribution in [-0.4, -0.2) is 45.0 Å². The normalized spacial score (nSPS) is 18.8. The maximum Gasteiger partial charge on any atom is 0.416 e. The summed E-state index contributed by atoms with van der Waals surface area (Å²) < 4.78 is 38.4. The molecule has 10 heteroatoms. The van der Waals surface area contributed by atoms with E-state index in [1.165, 1.54) is 17.0 Å². The summed E-state index contributed by atoms with van der Waals surface area (Å²) in [6, 6.07) is 4.42. The molecule has 1 spiro atoms. The molecule has 162 valence electrons. The van der Waals surface area contributed by atoms with Crippen LogP contribution in [0, 0.1) is 0 Å². The van der Waals surface area contributed by atoms with E-state index in [9.17, 15) is 32.7 Å². The average molecular weight is 426 g/mol. The van der Waals surface area contributed by atoms with E-state index in [0.29, 0.717) is 18.4 Å². The molecule has 30 heavy (non-hydrogen) atoms. The van der Waals surface area contributed by atoms with Crippen LogP contribution in [0.4, 0.5) is 13.2 Å². The number of rotatable bonds is 5. The predicted molar refractivity (Wildman–Crippen MR) is 98.1 cm³/mol. The van der Waals surface area contributed by atoms with Crippen molar-refractivity contribution in [3.05, 3.63) is 46.7 Å². The van der Waals surface area contributed by atoms with Crippen molar-refractivity contribution in [1.82, 2.24) is 10.2 Å². The maximum absolute atomic E-state index is 13.1. The highest BCUT2D eigenvalue weighted by atomic mass is 19.4. The van der Waals surface area contributed by atoms with E-state index >= 15 is 0 Å². The van der Waals surface area contributed by atoms with Crippen molar-refractivity contribution in [3.8, 4) is 0 Å². The molecule has 1 aromatic rings. The number of carbonyl (C=O) groups excluding carboxylic acids is 2. The fraction of sp³-hybridized carbons (Fsp3) is 0.450. The zero-order chi connectivity index (χ0) is 22.1. The van der Waals surface area contributed by atoms with Crippen molar-refractivity contribution in [1.29, 1.82) is 0 Å². The molecule has 2 amide bonds. The van der Waals surface area contributed by atoms with Crippen molar-refractivity contribution in [2.45, 2.75) is 50.4 Å². The molecule has 1 heterocycles. The van der Waals surface area contributed by atoms with E-state index in [-0.39, 0.29) is 13.0 Å². The van der Waals surface area contributed by atoms with Gasteiger partial charge in [0.05, 0.1) is 11.1 Å². The number of hydrogen-bond donors (Lipinski definition) is 3. The zero-order valence-electron chi connectivity index (χ0n) is 16.0. The van der Waals surface area contributed by atoms with Gasteiger partial charge in [-0.15, -0.1) is 0 Å². The number of carboxylic acids is 1. The average Bonchev–Trinajstić information content (AvgIpc) is 3.12. The van der Waals surface area contributed by atoms with E-state index in [0.717, 1.165) is 25.0 Å². The Morgan fingerprint density at radius 1 is 1.13 bits per heavy atom. The highest BCUT2D eigenvalue weighted by Gasteiger charge is 2.49. The van der Waals surface area contributed by atoms with Crippen LogP contribution in [0.3, 0.4) is 0 Å². The van der Waals surface area contributed by atoms with Crippen LogP contribution >= 0.6 is 0 Å². The summed E-state index contributed by atoms with van der Waals surface area (Å²) in [4.78, 5) is 37.6. The molecule has 1 saturated carbocycles. The zero-order valence-corrected chi connectivity index (χ0v) is 16.0. The summed E-state index contributed by atoms with van der Waals surface area (Å²) in [5.41, 5.74) is -1.60. The van der Waals surface area contributed by atoms with Crippen LogP contribution in [0.1, 0.15) is 43.2 Å². The van der Waals surface area contributed by atoms with E-state index in [1.54, 1.807) is 0 Å². The molecule has 7 nitrogen and oxygen atoms in total. The lowest BCUT2D eigenvalue weighted by molar-refractivity contribution is -0.141. The lowest BCUT2D eigenvalue weighted by Crippen LogP contribution is -2.55. The Balaban J connectivity index is 1.89. The smallest absolute Gasteiger partial charge is 0.416 e. The van der Waals surface area contributed by atoms with Crippen LogP contribution in [0.15, 0.2) is 35.6 Å². The van der Waals surface area contributed by atoms with Crippen LogP contribution in [0.2, 0.25) is 0 Å². The SMILES string of the molecule is O=C(O)CNC(=O)C1=C(O)CC2(CCCC2)N(Cc2ccc(C(F)(F)F)cc2)C1=O. The molecule has 1 aliphatic carbocycles. The number of aliphatic carboxylic acids is 1. The van der Waals surface area contributed by atoms with Gasteiger partial charge in [0.25, 0.3) is 11.8 Å². The highest BCUT2D eigenvalue weighted by molar-refractivity contribution is 6.19. The number of alkyl halides is 3. The molecular formula is C20H21F3N2O5.